The molecule has 192 valence electrons. The van der Waals surface area contributed by atoms with Gasteiger partial charge in [-0.3, -0.25) is 14.4 Å². The maximum absolute atomic E-state index is 14.0. The van der Waals surface area contributed by atoms with Gasteiger partial charge in [0.05, 0.1) is 17.4 Å². The van der Waals surface area contributed by atoms with E-state index in [0.29, 0.717) is 19.4 Å². The third-order valence-corrected chi connectivity index (χ3v) is 8.63. The van der Waals surface area contributed by atoms with E-state index in [1.165, 1.54) is 0 Å². The van der Waals surface area contributed by atoms with Crippen molar-refractivity contribution in [1.29, 1.82) is 0 Å². The number of unbranched alkanes of at least 4 members (excludes halogenated alkanes) is 3. The van der Waals surface area contributed by atoms with Crippen LogP contribution in [0.5, 0.6) is 0 Å². The molecule has 3 saturated heterocycles. The van der Waals surface area contributed by atoms with Gasteiger partial charge in [0, 0.05) is 25.9 Å². The first-order valence-corrected chi connectivity index (χ1v) is 12.8. The lowest BCUT2D eigenvalue weighted by Gasteiger charge is -2.36. The fourth-order valence-corrected chi connectivity index (χ4v) is 6.79. The Hall–Kier alpha value is -2.45. The zero-order valence-electron chi connectivity index (χ0n) is 21.5. The lowest BCUT2D eigenvalue weighted by Crippen LogP contribution is -2.54. The largest absolute Gasteiger partial charge is 0.396 e. The number of fused-ring (bicyclic) bond motifs is 1. The van der Waals surface area contributed by atoms with Crippen LogP contribution < -0.4 is 10.6 Å². The number of ether oxygens (including phenoxy) is 1. The predicted octanol–water partition coefficient (Wildman–Crippen LogP) is 2.55. The van der Waals surface area contributed by atoms with Crippen LogP contribution in [0.1, 0.15) is 57.1 Å². The van der Waals surface area contributed by atoms with Crippen molar-refractivity contribution in [2.45, 2.75) is 77.0 Å². The molecule has 0 aromatic heterocycles. The van der Waals surface area contributed by atoms with Crippen LogP contribution in [0, 0.1) is 31.6 Å². The highest BCUT2D eigenvalue weighted by Crippen LogP contribution is 2.65. The Morgan fingerprint density at radius 1 is 1.14 bits per heavy atom. The van der Waals surface area contributed by atoms with Gasteiger partial charge >= 0.3 is 0 Å². The lowest BCUT2D eigenvalue weighted by molar-refractivity contribution is -0.146. The molecule has 3 fully saturated rings. The molecule has 4 rings (SSSR count). The maximum atomic E-state index is 14.0. The summed E-state index contributed by atoms with van der Waals surface area (Å²) in [5.41, 5.74) is 0.821. The highest BCUT2D eigenvalue weighted by Gasteiger charge is 2.79. The first-order chi connectivity index (χ1) is 16.6. The second-order valence-corrected chi connectivity index (χ2v) is 10.7. The molecule has 3 amide bonds. The van der Waals surface area contributed by atoms with Crippen LogP contribution >= 0.6 is 0 Å². The van der Waals surface area contributed by atoms with Crippen LogP contribution in [-0.4, -0.2) is 65.2 Å². The number of carbonyl (C=O) groups excluding carboxylic acids is 3. The number of aryl methyl sites for hydroxylation is 2. The van der Waals surface area contributed by atoms with E-state index in [4.69, 9.17) is 9.84 Å². The summed E-state index contributed by atoms with van der Waals surface area (Å²) in [6, 6.07) is 5.04. The molecule has 3 N–H and O–H groups in total. The van der Waals surface area contributed by atoms with Gasteiger partial charge in [0.25, 0.3) is 0 Å². The number of anilines is 1. The second-order valence-electron chi connectivity index (χ2n) is 10.7. The molecule has 3 aliphatic rings. The second kappa shape index (κ2) is 9.54. The summed E-state index contributed by atoms with van der Waals surface area (Å²) in [5.74, 6) is -1.94. The fourth-order valence-electron chi connectivity index (χ4n) is 6.79. The normalized spacial score (nSPS) is 33.2. The molecule has 6 atom stereocenters. The smallest absolute Gasteiger partial charge is 0.250 e. The minimum atomic E-state index is -1.03. The van der Waals surface area contributed by atoms with E-state index in [1.54, 1.807) is 11.9 Å². The number of nitrogens with zero attached hydrogens (tertiary/aromatic N) is 1. The molecule has 35 heavy (non-hydrogen) atoms. The summed E-state index contributed by atoms with van der Waals surface area (Å²) in [5, 5.41) is 14.9. The van der Waals surface area contributed by atoms with Gasteiger partial charge in [-0.05, 0) is 57.1 Å². The van der Waals surface area contributed by atoms with E-state index >= 15 is 0 Å². The SMILES string of the molecule is CNC(=O)[C@H]1[C@H]2C(=O)N(CCCCCCO)C(C(=O)Nc3c(C)cccc3C)C23CC(C)[C@]1(C)O3. The minimum Gasteiger partial charge on any atom is -0.396 e. The van der Waals surface area contributed by atoms with Gasteiger partial charge in [0.15, 0.2) is 0 Å². The predicted molar refractivity (Wildman–Crippen MR) is 133 cm³/mol. The van der Waals surface area contributed by atoms with Crippen LogP contribution in [0.4, 0.5) is 5.69 Å². The van der Waals surface area contributed by atoms with Crippen LogP contribution in [0.25, 0.3) is 0 Å². The number of aliphatic hydroxyl groups excluding tert-OH is 1. The number of amides is 3. The average molecular weight is 486 g/mol. The number of hydrogen-bond donors (Lipinski definition) is 3. The molecular formula is C27H39N3O5. The molecule has 2 bridgehead atoms. The van der Waals surface area contributed by atoms with Crippen LogP contribution in [-0.2, 0) is 19.1 Å². The maximum Gasteiger partial charge on any atom is 0.250 e. The van der Waals surface area contributed by atoms with Crippen LogP contribution in [0.2, 0.25) is 0 Å². The number of benzene rings is 1. The molecule has 0 aliphatic carbocycles. The van der Waals surface area contributed by atoms with Crippen molar-refractivity contribution in [2.75, 3.05) is 25.5 Å². The van der Waals surface area contributed by atoms with Crippen molar-refractivity contribution < 1.29 is 24.2 Å². The molecule has 1 spiro atoms. The highest BCUT2D eigenvalue weighted by molar-refractivity contribution is 6.04. The van der Waals surface area contributed by atoms with Gasteiger partial charge in [-0.1, -0.05) is 38.0 Å². The number of carbonyl (C=O) groups is 3. The van der Waals surface area contributed by atoms with E-state index in [2.05, 4.69) is 10.6 Å². The van der Waals surface area contributed by atoms with Gasteiger partial charge in [-0.15, -0.1) is 0 Å². The molecule has 3 heterocycles. The Kier molecular flexibility index (Phi) is 6.99. The molecule has 3 aliphatic heterocycles. The van der Waals surface area contributed by atoms with Crippen molar-refractivity contribution in [2.24, 2.45) is 17.8 Å². The van der Waals surface area contributed by atoms with Crippen molar-refractivity contribution >= 4 is 23.4 Å². The van der Waals surface area contributed by atoms with Gasteiger partial charge in [0.1, 0.15) is 11.6 Å². The third kappa shape index (κ3) is 3.95. The van der Waals surface area contributed by atoms with Gasteiger partial charge in [0.2, 0.25) is 17.7 Å². The van der Waals surface area contributed by atoms with Gasteiger partial charge in [-0.2, -0.15) is 0 Å². The molecule has 1 aromatic rings. The summed E-state index contributed by atoms with van der Waals surface area (Å²) in [6.45, 7) is 8.42. The molecule has 0 radical (unpaired) electrons. The third-order valence-electron chi connectivity index (χ3n) is 8.63. The molecule has 0 saturated carbocycles. The Labute approximate surface area is 207 Å². The first kappa shape index (κ1) is 25.6. The Bertz CT molecular complexity index is 992. The number of para-hydroxylation sites is 1. The van der Waals surface area contributed by atoms with Crippen LogP contribution in [0.15, 0.2) is 18.2 Å². The monoisotopic (exact) mass is 485 g/mol. The summed E-state index contributed by atoms with van der Waals surface area (Å²) in [6.07, 6.45) is 3.70. The van der Waals surface area contributed by atoms with E-state index in [-0.39, 0.29) is 30.2 Å². The Morgan fingerprint density at radius 2 is 1.80 bits per heavy atom. The Morgan fingerprint density at radius 3 is 2.43 bits per heavy atom. The summed E-state index contributed by atoms with van der Waals surface area (Å²) >= 11 is 0. The van der Waals surface area contributed by atoms with E-state index in [9.17, 15) is 14.4 Å². The average Bonchev–Trinajstić information content (AvgIpc) is 3.32. The number of nitrogens with one attached hydrogen (secondary N) is 2. The molecule has 8 nitrogen and oxygen atoms in total. The number of likely N-dealkylation sites (tertiary alicyclic amines) is 1. The highest BCUT2D eigenvalue weighted by atomic mass is 16.5. The topological polar surface area (TPSA) is 108 Å². The summed E-state index contributed by atoms with van der Waals surface area (Å²) < 4.78 is 6.68. The fraction of sp³-hybridized carbons (Fsp3) is 0.667. The quantitative estimate of drug-likeness (QED) is 0.466. The van der Waals surface area contributed by atoms with E-state index in [1.807, 2.05) is 45.9 Å². The molecule has 8 heteroatoms. The lowest BCUT2D eigenvalue weighted by atomic mass is 9.62. The van der Waals surface area contributed by atoms with Crippen molar-refractivity contribution in [3.63, 3.8) is 0 Å². The van der Waals surface area contributed by atoms with E-state index in [0.717, 1.165) is 36.1 Å². The zero-order valence-corrected chi connectivity index (χ0v) is 21.5. The van der Waals surface area contributed by atoms with Gasteiger partial charge in [-0.25, -0.2) is 0 Å². The van der Waals surface area contributed by atoms with Crippen molar-refractivity contribution in [3.05, 3.63) is 29.3 Å². The zero-order chi connectivity index (χ0) is 25.5. The Balaban J connectivity index is 1.71. The summed E-state index contributed by atoms with van der Waals surface area (Å²) in [7, 11) is 1.58. The standard InChI is InChI=1S/C27H39N3O5/c1-16-11-10-12-17(2)21(16)29-24(33)22-27-15-18(3)26(4,35-27)19(23(32)28-5)20(27)25(34)30(22)13-8-6-7-9-14-31/h10-12,18-20,22,31H,6-9,13-15H2,1-5H3,(H,28,32)(H,29,33)/t18?,19-,20+,22?,26+,27?/m1/s1. The molecule has 1 aromatic carbocycles. The first-order valence-electron chi connectivity index (χ1n) is 12.8. The van der Waals surface area contributed by atoms with Gasteiger partial charge < -0.3 is 25.4 Å². The summed E-state index contributed by atoms with van der Waals surface area (Å²) in [4.78, 5) is 42.6. The number of rotatable bonds is 9. The van der Waals surface area contributed by atoms with Crippen molar-refractivity contribution in [3.8, 4) is 0 Å². The van der Waals surface area contributed by atoms with E-state index < -0.39 is 29.1 Å². The number of aliphatic hydroxyl groups is 1. The minimum absolute atomic E-state index is 0.0221. The van der Waals surface area contributed by atoms with Crippen molar-refractivity contribution in [1.82, 2.24) is 10.2 Å². The molecular weight excluding hydrogens is 446 g/mol. The number of hydrogen-bond acceptors (Lipinski definition) is 5. The van der Waals surface area contributed by atoms with Crippen LogP contribution in [0.3, 0.4) is 0 Å². The molecule has 3 unspecified atom stereocenters.